The van der Waals surface area contributed by atoms with E-state index in [0.29, 0.717) is 11.1 Å². The Labute approximate surface area is 176 Å². The molecular weight excluding hydrogens is 406 g/mol. The largest absolute Gasteiger partial charge is 0.511 e. The van der Waals surface area contributed by atoms with Gasteiger partial charge in [0.25, 0.3) is 5.91 Å². The summed E-state index contributed by atoms with van der Waals surface area (Å²) >= 11 is 0. The normalized spacial score (nSPS) is 27.2. The van der Waals surface area contributed by atoms with E-state index in [1.54, 1.807) is 0 Å². The number of ketones is 2. The molecule has 3 aliphatic carbocycles. The number of amides is 1. The smallest absolute Gasteiger partial charge is 0.255 e. The number of allylic oxidation sites excluding steroid dienone is 2. The molecule has 1 aromatic rings. The molecule has 0 saturated heterocycles. The molecule has 0 radical (unpaired) electrons. The molecule has 1 aromatic carbocycles. The number of aliphatic hydroxyl groups excluding tert-OH is 3. The van der Waals surface area contributed by atoms with Gasteiger partial charge in [0, 0.05) is 23.5 Å². The number of fused-ring (bicyclic) bond motifs is 3. The Hall–Kier alpha value is -3.61. The van der Waals surface area contributed by atoms with Crippen molar-refractivity contribution in [2.45, 2.75) is 24.9 Å². The summed E-state index contributed by atoms with van der Waals surface area (Å²) < 4.78 is 0. The van der Waals surface area contributed by atoms with Gasteiger partial charge in [-0.15, -0.1) is 0 Å². The topological polar surface area (TPSA) is 178 Å². The van der Waals surface area contributed by atoms with Gasteiger partial charge >= 0.3 is 0 Å². The molecular formula is C22H19NO8. The number of carbonyl (C=O) groups is 3. The molecule has 0 aliphatic heterocycles. The van der Waals surface area contributed by atoms with Crippen molar-refractivity contribution in [3.05, 3.63) is 51.5 Å². The first kappa shape index (κ1) is 20.7. The van der Waals surface area contributed by atoms with Crippen LogP contribution in [0.3, 0.4) is 0 Å². The zero-order chi connectivity index (χ0) is 22.7. The van der Waals surface area contributed by atoms with Crippen molar-refractivity contribution in [1.29, 1.82) is 0 Å². The fourth-order valence-corrected chi connectivity index (χ4v) is 4.87. The average molecular weight is 425 g/mol. The van der Waals surface area contributed by atoms with Crippen LogP contribution in [-0.2, 0) is 16.0 Å². The first-order chi connectivity index (χ1) is 14.6. The zero-order valence-corrected chi connectivity index (χ0v) is 16.2. The van der Waals surface area contributed by atoms with Crippen LogP contribution >= 0.6 is 0 Å². The highest BCUT2D eigenvalue weighted by atomic mass is 16.3. The lowest BCUT2D eigenvalue weighted by Gasteiger charge is -2.45. The third-order valence-electron chi connectivity index (χ3n) is 6.25. The van der Waals surface area contributed by atoms with Gasteiger partial charge in [-0.05, 0) is 36.5 Å². The van der Waals surface area contributed by atoms with Crippen molar-refractivity contribution >= 4 is 17.5 Å². The second-order valence-electron chi connectivity index (χ2n) is 7.86. The third kappa shape index (κ3) is 2.76. The standard InChI is InChI=1S/C22H19NO8/c23-21(30)17-14(26)8-11-6-10-7-12-9(2-1-5-24)3-4-13(25)16(12)18(27)15(10)19(28)22(11,31)20(17)29/h3-4,10-11,24-26,28,31H,5-8H2,(H2,23,30)/t10-,11+,22+/m1/s1. The fourth-order valence-electron chi connectivity index (χ4n) is 4.87. The maximum atomic E-state index is 13.3. The van der Waals surface area contributed by atoms with Gasteiger partial charge in [0.2, 0.25) is 5.78 Å². The summed E-state index contributed by atoms with van der Waals surface area (Å²) in [5.74, 6) is -1.50. The van der Waals surface area contributed by atoms with Gasteiger partial charge in [-0.2, -0.15) is 0 Å². The van der Waals surface area contributed by atoms with Crippen molar-refractivity contribution < 1.29 is 39.9 Å². The summed E-state index contributed by atoms with van der Waals surface area (Å²) in [6.07, 6.45) is -0.0731. The van der Waals surface area contributed by atoms with Crippen LogP contribution in [0.2, 0.25) is 0 Å². The lowest BCUT2D eigenvalue weighted by Crippen LogP contribution is -2.57. The number of phenolic OH excluding ortho intramolecular Hbond substituents is 1. The Balaban J connectivity index is 1.91. The van der Waals surface area contributed by atoms with E-state index in [1.807, 2.05) is 0 Å². The SMILES string of the molecule is NC(=O)C1=C(O)C[C@@H]2C[C@@H]3Cc4c(C#CCO)ccc(O)c4C(=O)C3=C(O)[C@]2(O)C1=O. The first-order valence-corrected chi connectivity index (χ1v) is 9.54. The maximum absolute atomic E-state index is 13.3. The van der Waals surface area contributed by atoms with Gasteiger partial charge in [-0.3, -0.25) is 14.4 Å². The van der Waals surface area contributed by atoms with E-state index in [9.17, 15) is 34.8 Å². The number of carbonyl (C=O) groups excluding carboxylic acids is 3. The summed E-state index contributed by atoms with van der Waals surface area (Å²) in [4.78, 5) is 37.7. The second-order valence-corrected chi connectivity index (χ2v) is 7.86. The van der Waals surface area contributed by atoms with Crippen LogP contribution in [0.25, 0.3) is 0 Å². The molecule has 7 N–H and O–H groups in total. The van der Waals surface area contributed by atoms with Crippen molar-refractivity contribution in [3.63, 3.8) is 0 Å². The molecule has 31 heavy (non-hydrogen) atoms. The molecule has 1 amide bonds. The highest BCUT2D eigenvalue weighted by molar-refractivity contribution is 6.24. The number of rotatable bonds is 1. The van der Waals surface area contributed by atoms with Gasteiger partial charge in [0.05, 0.1) is 5.56 Å². The predicted octanol–water partition coefficient (Wildman–Crippen LogP) is -0.0757. The van der Waals surface area contributed by atoms with Crippen LogP contribution in [-0.4, -0.2) is 55.2 Å². The van der Waals surface area contributed by atoms with E-state index >= 15 is 0 Å². The number of aromatic hydroxyl groups is 1. The molecule has 0 heterocycles. The number of phenols is 1. The zero-order valence-electron chi connectivity index (χ0n) is 16.2. The van der Waals surface area contributed by atoms with Crippen molar-refractivity contribution in [3.8, 4) is 17.6 Å². The first-order valence-electron chi connectivity index (χ1n) is 9.54. The number of Topliss-reactive ketones (excluding diaryl/α,β-unsaturated/α-hetero) is 2. The summed E-state index contributed by atoms with van der Waals surface area (Å²) in [5, 5.41) is 51.5. The van der Waals surface area contributed by atoms with E-state index in [0.717, 1.165) is 0 Å². The predicted molar refractivity (Wildman–Crippen MR) is 105 cm³/mol. The maximum Gasteiger partial charge on any atom is 0.255 e. The monoisotopic (exact) mass is 425 g/mol. The van der Waals surface area contributed by atoms with Gasteiger partial charge in [0.1, 0.15) is 29.4 Å². The van der Waals surface area contributed by atoms with E-state index in [1.165, 1.54) is 12.1 Å². The molecule has 0 unspecified atom stereocenters. The molecule has 0 spiro atoms. The Morgan fingerprint density at radius 2 is 1.90 bits per heavy atom. The molecule has 0 bridgehead atoms. The van der Waals surface area contributed by atoms with E-state index in [-0.39, 0.29) is 36.1 Å². The molecule has 9 heteroatoms. The van der Waals surface area contributed by atoms with Crippen LogP contribution in [0, 0.1) is 23.7 Å². The minimum absolute atomic E-state index is 0.0471. The van der Waals surface area contributed by atoms with Gasteiger partial charge in [-0.1, -0.05) is 11.8 Å². The third-order valence-corrected chi connectivity index (χ3v) is 6.25. The van der Waals surface area contributed by atoms with Gasteiger partial charge in [-0.25, -0.2) is 0 Å². The van der Waals surface area contributed by atoms with Gasteiger partial charge < -0.3 is 31.3 Å². The Morgan fingerprint density at radius 3 is 2.55 bits per heavy atom. The van der Waals surface area contributed by atoms with E-state index in [4.69, 9.17) is 10.8 Å². The second kappa shape index (κ2) is 6.97. The van der Waals surface area contributed by atoms with Crippen LogP contribution in [0.1, 0.15) is 34.3 Å². The van der Waals surface area contributed by atoms with Crippen LogP contribution < -0.4 is 5.73 Å². The quantitative estimate of drug-likeness (QED) is 0.267. The molecule has 0 fully saturated rings. The fraction of sp³-hybridized carbons (Fsp3) is 0.318. The average Bonchev–Trinajstić information content (AvgIpc) is 2.70. The lowest BCUT2D eigenvalue weighted by molar-refractivity contribution is -0.144. The summed E-state index contributed by atoms with van der Waals surface area (Å²) in [6.45, 7) is -0.399. The summed E-state index contributed by atoms with van der Waals surface area (Å²) in [7, 11) is 0. The highest BCUT2D eigenvalue weighted by Gasteiger charge is 2.59. The number of hydrogen-bond acceptors (Lipinski definition) is 8. The molecule has 9 nitrogen and oxygen atoms in total. The number of primary amides is 1. The molecule has 3 aliphatic rings. The van der Waals surface area contributed by atoms with Crippen LogP contribution in [0.5, 0.6) is 5.75 Å². The number of aliphatic hydroxyl groups is 4. The highest BCUT2D eigenvalue weighted by Crippen LogP contribution is 2.51. The Morgan fingerprint density at radius 1 is 1.19 bits per heavy atom. The van der Waals surface area contributed by atoms with E-state index in [2.05, 4.69) is 11.8 Å². The lowest BCUT2D eigenvalue weighted by atomic mass is 9.60. The minimum atomic E-state index is -2.58. The van der Waals surface area contributed by atoms with Crippen LogP contribution in [0.15, 0.2) is 34.8 Å². The number of hydrogen-bond donors (Lipinski definition) is 6. The Kier molecular flexibility index (Phi) is 4.65. The molecule has 0 saturated carbocycles. The molecule has 4 rings (SSSR count). The number of benzene rings is 1. The summed E-state index contributed by atoms with van der Waals surface area (Å²) in [5.41, 5.74) is 2.28. The molecule has 3 atom stereocenters. The Bertz CT molecular complexity index is 1180. The number of nitrogens with two attached hydrogens (primary N) is 1. The molecule has 160 valence electrons. The van der Waals surface area contributed by atoms with Gasteiger partial charge in [0.15, 0.2) is 11.4 Å². The molecule has 0 aromatic heterocycles. The van der Waals surface area contributed by atoms with Crippen molar-refractivity contribution in [1.82, 2.24) is 0 Å². The van der Waals surface area contributed by atoms with Crippen LogP contribution in [0.4, 0.5) is 0 Å². The minimum Gasteiger partial charge on any atom is -0.511 e. The van der Waals surface area contributed by atoms with Crippen molar-refractivity contribution in [2.75, 3.05) is 6.61 Å². The van der Waals surface area contributed by atoms with E-state index < -0.39 is 58.6 Å². The summed E-state index contributed by atoms with van der Waals surface area (Å²) in [6, 6.07) is 2.77. The van der Waals surface area contributed by atoms with Crippen molar-refractivity contribution in [2.24, 2.45) is 17.6 Å².